The number of nitrogens with zero attached hydrogens (tertiary/aromatic N) is 2. The summed E-state index contributed by atoms with van der Waals surface area (Å²) in [6.07, 6.45) is -0.587. The maximum absolute atomic E-state index is 13.2. The van der Waals surface area contributed by atoms with Crippen LogP contribution in [-0.4, -0.2) is 18.1 Å². The first-order valence-corrected chi connectivity index (χ1v) is 7.14. The van der Waals surface area contributed by atoms with Crippen LogP contribution < -0.4 is 15.5 Å². The molecule has 2 N–H and O–H groups in total. The fourth-order valence-electron chi connectivity index (χ4n) is 3.08. The first-order valence-electron chi connectivity index (χ1n) is 7.14. The van der Waals surface area contributed by atoms with Crippen molar-refractivity contribution in [3.05, 3.63) is 36.3 Å². The highest BCUT2D eigenvalue weighted by Gasteiger charge is 2.44. The highest BCUT2D eigenvalue weighted by molar-refractivity contribution is 5.91. The average Bonchev–Trinajstić information content (AvgIpc) is 2.45. The summed E-state index contributed by atoms with van der Waals surface area (Å²) in [6.45, 7) is 0. The number of Topliss-reactive ketones (excluding diaryl/α,β-unsaturated/α-hetero) is 1. The number of halogens is 3. The van der Waals surface area contributed by atoms with Crippen LogP contribution in [0.15, 0.2) is 36.3 Å². The Balaban J connectivity index is 2.07. The molecule has 1 aromatic carbocycles. The molecule has 0 amide bonds. The molecule has 4 nitrogen and oxygen atoms in total. The summed E-state index contributed by atoms with van der Waals surface area (Å²) < 4.78 is 39.7. The molecule has 1 saturated carbocycles. The summed E-state index contributed by atoms with van der Waals surface area (Å²) in [4.78, 5) is 13.9. The van der Waals surface area contributed by atoms with E-state index < -0.39 is 18.2 Å². The van der Waals surface area contributed by atoms with Gasteiger partial charge in [-0.2, -0.15) is 0 Å². The van der Waals surface area contributed by atoms with Gasteiger partial charge in [0.1, 0.15) is 5.82 Å². The Morgan fingerprint density at radius 1 is 1.14 bits per heavy atom. The van der Waals surface area contributed by atoms with Gasteiger partial charge in [0, 0.05) is 12.6 Å². The molecule has 3 rings (SSSR count). The molecule has 118 valence electrons. The van der Waals surface area contributed by atoms with Crippen LogP contribution in [0.25, 0.3) is 0 Å². The van der Waals surface area contributed by atoms with Crippen LogP contribution in [0.5, 0.6) is 0 Å². The fourth-order valence-corrected chi connectivity index (χ4v) is 3.08. The van der Waals surface area contributed by atoms with Crippen molar-refractivity contribution in [2.75, 3.05) is 9.80 Å². The fraction of sp³-hybridized carbons (Fsp3) is 0.400. The Kier molecular flexibility index (Phi) is 3.50. The number of fused-ring (bicyclic) bond motifs is 1. The third-order valence-electron chi connectivity index (χ3n) is 4.04. The van der Waals surface area contributed by atoms with Gasteiger partial charge in [0.25, 0.3) is 0 Å². The molecule has 2 aliphatic rings. The highest BCUT2D eigenvalue weighted by atomic mass is 19.4. The van der Waals surface area contributed by atoms with Crippen LogP contribution in [0, 0.1) is 0 Å². The normalized spacial score (nSPS) is 22.4. The molecule has 0 aromatic heterocycles. The van der Waals surface area contributed by atoms with Gasteiger partial charge < -0.3 is 10.6 Å². The smallest absolute Gasteiger partial charge is 0.384 e. The van der Waals surface area contributed by atoms with Crippen molar-refractivity contribution < 1.29 is 18.0 Å². The van der Waals surface area contributed by atoms with E-state index in [2.05, 4.69) is 0 Å². The molecule has 7 heteroatoms. The van der Waals surface area contributed by atoms with Crippen molar-refractivity contribution >= 4 is 17.2 Å². The van der Waals surface area contributed by atoms with Gasteiger partial charge >= 0.3 is 6.30 Å². The van der Waals surface area contributed by atoms with Gasteiger partial charge in [-0.15, -0.1) is 13.2 Å². The summed E-state index contributed by atoms with van der Waals surface area (Å²) in [6, 6.07) is 5.69. The Hall–Kier alpha value is -2.18. The van der Waals surface area contributed by atoms with Gasteiger partial charge in [-0.3, -0.25) is 4.79 Å². The number of rotatable bonds is 1. The maximum Gasteiger partial charge on any atom is 0.490 e. The first-order chi connectivity index (χ1) is 10.4. The topological polar surface area (TPSA) is 49.6 Å². The molecular weight excluding hydrogens is 295 g/mol. The molecule has 0 spiro atoms. The molecular formula is C15H16F3N3O. The molecule has 1 aliphatic heterocycles. The molecule has 1 fully saturated rings. The quantitative estimate of drug-likeness (QED) is 0.810. The number of hydrogen-bond acceptors (Lipinski definition) is 4. The third-order valence-corrected chi connectivity index (χ3v) is 4.04. The van der Waals surface area contributed by atoms with Crippen molar-refractivity contribution in [3.63, 3.8) is 0 Å². The van der Waals surface area contributed by atoms with E-state index in [4.69, 9.17) is 5.73 Å². The maximum atomic E-state index is 13.2. The summed E-state index contributed by atoms with van der Waals surface area (Å²) >= 11 is 0. The van der Waals surface area contributed by atoms with E-state index in [0.717, 1.165) is 12.8 Å². The number of benzene rings is 1. The van der Waals surface area contributed by atoms with Crippen LogP contribution in [0.3, 0.4) is 0 Å². The Labute approximate surface area is 126 Å². The van der Waals surface area contributed by atoms with Crippen molar-refractivity contribution in [1.82, 2.24) is 0 Å². The predicted molar refractivity (Wildman–Crippen MR) is 77.0 cm³/mol. The van der Waals surface area contributed by atoms with Crippen molar-refractivity contribution in [2.45, 2.75) is 38.0 Å². The predicted octanol–water partition coefficient (Wildman–Crippen LogP) is 3.10. The second-order valence-electron chi connectivity index (χ2n) is 5.48. The van der Waals surface area contributed by atoms with Gasteiger partial charge in [0.15, 0.2) is 5.78 Å². The lowest BCUT2D eigenvalue weighted by molar-refractivity contribution is -0.124. The molecule has 1 atom stereocenters. The zero-order valence-electron chi connectivity index (χ0n) is 11.8. The number of alkyl halides is 3. The summed E-state index contributed by atoms with van der Waals surface area (Å²) in [5.74, 6) is -0.380. The number of ketones is 1. The third kappa shape index (κ3) is 2.40. The molecule has 1 aromatic rings. The number of carbonyl (C=O) groups is 1. The number of para-hydroxylation sites is 2. The SMILES string of the molecule is NC1=CN(C2CCCCC2=O)c2ccccc2N1C(F)(F)F. The number of hydrogen-bond donors (Lipinski definition) is 1. The summed E-state index contributed by atoms with van der Waals surface area (Å²) in [5.41, 5.74) is 5.94. The van der Waals surface area contributed by atoms with Crippen LogP contribution >= 0.6 is 0 Å². The van der Waals surface area contributed by atoms with Gasteiger partial charge in [0.2, 0.25) is 0 Å². The zero-order valence-corrected chi connectivity index (χ0v) is 11.8. The van der Waals surface area contributed by atoms with Gasteiger partial charge in [-0.05, 0) is 25.0 Å². The lowest BCUT2D eigenvalue weighted by atomic mass is 9.92. The van der Waals surface area contributed by atoms with Crippen LogP contribution in [0.2, 0.25) is 0 Å². The average molecular weight is 311 g/mol. The lowest BCUT2D eigenvalue weighted by Crippen LogP contribution is -2.48. The highest BCUT2D eigenvalue weighted by Crippen LogP contribution is 2.42. The van der Waals surface area contributed by atoms with E-state index in [0.29, 0.717) is 18.5 Å². The number of carbonyl (C=O) groups excluding carboxylic acids is 1. The van der Waals surface area contributed by atoms with E-state index >= 15 is 0 Å². The molecule has 1 aliphatic carbocycles. The van der Waals surface area contributed by atoms with Crippen molar-refractivity contribution in [1.29, 1.82) is 0 Å². The zero-order chi connectivity index (χ0) is 15.9. The standard InChI is InChI=1S/C15H16F3N3O/c16-15(17,18)21-11-6-2-1-5-10(11)20(9-14(21)19)12-7-3-4-8-13(12)22/h1-2,5-6,9,12H,3-4,7-8,19H2. The Bertz CT molecular complexity index is 627. The second kappa shape index (κ2) is 5.23. The van der Waals surface area contributed by atoms with E-state index in [1.807, 2.05) is 0 Å². The van der Waals surface area contributed by atoms with E-state index in [9.17, 15) is 18.0 Å². The molecule has 1 heterocycles. The van der Waals surface area contributed by atoms with Gasteiger partial charge in [0.05, 0.1) is 17.4 Å². The van der Waals surface area contributed by atoms with E-state index in [1.165, 1.54) is 18.3 Å². The van der Waals surface area contributed by atoms with Crippen molar-refractivity contribution in [2.24, 2.45) is 5.73 Å². The van der Waals surface area contributed by atoms with Gasteiger partial charge in [-0.1, -0.05) is 18.6 Å². The summed E-state index contributed by atoms with van der Waals surface area (Å²) in [7, 11) is 0. The molecule has 22 heavy (non-hydrogen) atoms. The molecule has 0 bridgehead atoms. The summed E-state index contributed by atoms with van der Waals surface area (Å²) in [5, 5.41) is 0. The lowest BCUT2D eigenvalue weighted by Gasteiger charge is -2.40. The van der Waals surface area contributed by atoms with E-state index in [-0.39, 0.29) is 16.4 Å². The van der Waals surface area contributed by atoms with Crippen molar-refractivity contribution in [3.8, 4) is 0 Å². The van der Waals surface area contributed by atoms with E-state index in [1.54, 1.807) is 17.0 Å². The minimum absolute atomic E-state index is 0.0468. The molecule has 1 unspecified atom stereocenters. The van der Waals surface area contributed by atoms with Crippen LogP contribution in [-0.2, 0) is 4.79 Å². The largest absolute Gasteiger partial charge is 0.490 e. The molecule has 0 saturated heterocycles. The Morgan fingerprint density at radius 3 is 2.45 bits per heavy atom. The minimum Gasteiger partial charge on any atom is -0.384 e. The van der Waals surface area contributed by atoms with Crippen LogP contribution in [0.4, 0.5) is 24.5 Å². The minimum atomic E-state index is -4.61. The monoisotopic (exact) mass is 311 g/mol. The Morgan fingerprint density at radius 2 is 1.82 bits per heavy atom. The second-order valence-corrected chi connectivity index (χ2v) is 5.48. The number of anilines is 2. The molecule has 0 radical (unpaired) electrons. The number of nitrogens with two attached hydrogens (primary N) is 1. The first kappa shape index (κ1) is 14.7. The van der Waals surface area contributed by atoms with Crippen LogP contribution in [0.1, 0.15) is 25.7 Å². The van der Waals surface area contributed by atoms with Gasteiger partial charge in [-0.25, -0.2) is 4.90 Å².